The highest BCUT2D eigenvalue weighted by Gasteiger charge is 2.44. The fraction of sp³-hybridized carbons (Fsp3) is 0.571. The first-order valence-corrected chi connectivity index (χ1v) is 9.48. The standard InChI is InChI=1S/C21H30N2O2/c1-23(2)16-19-15-22-20(25-19)21(24,18-13-9-6-10-14-18)17-11-7-4-3-5-8-12-17/h6,9-10,13-15,17,24H,3-5,7-8,11-12,16H2,1-2H3. The summed E-state index contributed by atoms with van der Waals surface area (Å²) < 4.78 is 6.04. The number of hydrogen-bond acceptors (Lipinski definition) is 4. The average Bonchev–Trinajstić information content (AvgIpc) is 3.03. The summed E-state index contributed by atoms with van der Waals surface area (Å²) in [5.74, 6) is 1.38. The van der Waals surface area contributed by atoms with Crippen LogP contribution in [0.5, 0.6) is 0 Å². The van der Waals surface area contributed by atoms with Gasteiger partial charge < -0.3 is 14.4 Å². The molecule has 4 nitrogen and oxygen atoms in total. The first-order valence-electron chi connectivity index (χ1n) is 9.48. The highest BCUT2D eigenvalue weighted by atomic mass is 16.4. The Bertz CT molecular complexity index is 645. The summed E-state index contributed by atoms with van der Waals surface area (Å²) in [6.07, 6.45) is 9.90. The van der Waals surface area contributed by atoms with E-state index in [1.165, 1.54) is 19.3 Å². The highest BCUT2D eigenvalue weighted by molar-refractivity contribution is 5.30. The molecule has 136 valence electrons. The Hall–Kier alpha value is -1.65. The molecule has 0 radical (unpaired) electrons. The molecule has 2 aromatic rings. The molecule has 0 spiro atoms. The molecular weight excluding hydrogens is 312 g/mol. The summed E-state index contributed by atoms with van der Waals surface area (Å²) in [5, 5.41) is 11.9. The van der Waals surface area contributed by atoms with Gasteiger partial charge in [-0.3, -0.25) is 0 Å². The van der Waals surface area contributed by atoms with Gasteiger partial charge in [0.15, 0.2) is 5.60 Å². The second kappa shape index (κ2) is 8.15. The maximum atomic E-state index is 11.9. The summed E-state index contributed by atoms with van der Waals surface area (Å²) >= 11 is 0. The monoisotopic (exact) mass is 342 g/mol. The zero-order valence-corrected chi connectivity index (χ0v) is 15.4. The van der Waals surface area contributed by atoms with E-state index in [1.807, 2.05) is 49.3 Å². The van der Waals surface area contributed by atoms with Gasteiger partial charge in [0, 0.05) is 5.92 Å². The van der Waals surface area contributed by atoms with Gasteiger partial charge >= 0.3 is 0 Å². The number of aliphatic hydroxyl groups is 1. The fourth-order valence-corrected chi connectivity index (χ4v) is 3.97. The second-order valence-corrected chi connectivity index (χ2v) is 7.54. The Morgan fingerprint density at radius 3 is 2.36 bits per heavy atom. The third kappa shape index (κ3) is 4.13. The third-order valence-corrected chi connectivity index (χ3v) is 5.26. The summed E-state index contributed by atoms with van der Waals surface area (Å²) in [6.45, 7) is 0.683. The predicted octanol–water partition coefficient (Wildman–Crippen LogP) is 4.33. The fourth-order valence-electron chi connectivity index (χ4n) is 3.97. The van der Waals surface area contributed by atoms with Crippen molar-refractivity contribution in [2.45, 2.75) is 57.1 Å². The number of oxazole rings is 1. The average molecular weight is 342 g/mol. The molecule has 1 saturated carbocycles. The van der Waals surface area contributed by atoms with Crippen LogP contribution < -0.4 is 0 Å². The van der Waals surface area contributed by atoms with E-state index in [-0.39, 0.29) is 5.92 Å². The maximum Gasteiger partial charge on any atom is 0.231 e. The van der Waals surface area contributed by atoms with Crippen LogP contribution in [0, 0.1) is 5.92 Å². The van der Waals surface area contributed by atoms with E-state index in [4.69, 9.17) is 4.42 Å². The molecule has 1 aromatic heterocycles. The number of hydrogen-bond donors (Lipinski definition) is 1. The zero-order chi connectivity index (χ0) is 17.7. The lowest BCUT2D eigenvalue weighted by molar-refractivity contribution is -0.0200. The van der Waals surface area contributed by atoms with E-state index < -0.39 is 5.60 Å². The SMILES string of the molecule is CN(C)Cc1cnc(C(O)(c2ccccc2)C2CCCCCCC2)o1. The van der Waals surface area contributed by atoms with Crippen LogP contribution in [0.25, 0.3) is 0 Å². The van der Waals surface area contributed by atoms with Gasteiger partial charge in [-0.05, 0) is 32.5 Å². The van der Waals surface area contributed by atoms with Gasteiger partial charge in [-0.2, -0.15) is 0 Å². The van der Waals surface area contributed by atoms with Gasteiger partial charge in [-0.1, -0.05) is 62.4 Å². The number of aromatic nitrogens is 1. The van der Waals surface area contributed by atoms with E-state index in [0.717, 1.165) is 37.0 Å². The third-order valence-electron chi connectivity index (χ3n) is 5.26. The van der Waals surface area contributed by atoms with Crippen LogP contribution >= 0.6 is 0 Å². The van der Waals surface area contributed by atoms with Crippen molar-refractivity contribution in [3.05, 3.63) is 53.7 Å². The first kappa shape index (κ1) is 18.2. The van der Waals surface area contributed by atoms with Crippen molar-refractivity contribution in [3.63, 3.8) is 0 Å². The van der Waals surface area contributed by atoms with Crippen LogP contribution in [0.2, 0.25) is 0 Å². The van der Waals surface area contributed by atoms with Crippen molar-refractivity contribution in [3.8, 4) is 0 Å². The predicted molar refractivity (Wildman–Crippen MR) is 99.1 cm³/mol. The molecule has 4 heteroatoms. The first-order chi connectivity index (χ1) is 12.1. The van der Waals surface area contributed by atoms with Crippen molar-refractivity contribution in [2.24, 2.45) is 5.92 Å². The van der Waals surface area contributed by atoms with Crippen LogP contribution in [-0.4, -0.2) is 29.1 Å². The van der Waals surface area contributed by atoms with Gasteiger partial charge in [-0.15, -0.1) is 0 Å². The molecule has 1 atom stereocenters. The van der Waals surface area contributed by atoms with Gasteiger partial charge in [0.25, 0.3) is 0 Å². The second-order valence-electron chi connectivity index (χ2n) is 7.54. The minimum absolute atomic E-state index is 0.140. The van der Waals surface area contributed by atoms with Crippen molar-refractivity contribution in [1.82, 2.24) is 9.88 Å². The Morgan fingerprint density at radius 2 is 1.72 bits per heavy atom. The van der Waals surface area contributed by atoms with E-state index in [0.29, 0.717) is 12.4 Å². The molecule has 1 unspecified atom stereocenters. The number of benzene rings is 1. The molecule has 1 aliphatic rings. The number of rotatable bonds is 5. The molecular formula is C21H30N2O2. The van der Waals surface area contributed by atoms with Crippen molar-refractivity contribution in [1.29, 1.82) is 0 Å². The van der Waals surface area contributed by atoms with Gasteiger partial charge in [0.2, 0.25) is 5.89 Å². The lowest BCUT2D eigenvalue weighted by Crippen LogP contribution is -2.37. The Morgan fingerprint density at radius 1 is 1.08 bits per heavy atom. The molecule has 1 heterocycles. The molecule has 0 amide bonds. The zero-order valence-electron chi connectivity index (χ0n) is 15.4. The summed E-state index contributed by atoms with van der Waals surface area (Å²) in [6, 6.07) is 9.93. The summed E-state index contributed by atoms with van der Waals surface area (Å²) in [4.78, 5) is 6.55. The quantitative estimate of drug-likeness (QED) is 0.878. The van der Waals surface area contributed by atoms with E-state index in [1.54, 1.807) is 6.20 Å². The smallest absolute Gasteiger partial charge is 0.231 e. The van der Waals surface area contributed by atoms with Crippen LogP contribution in [0.3, 0.4) is 0 Å². The molecule has 1 aliphatic carbocycles. The topological polar surface area (TPSA) is 49.5 Å². The molecule has 25 heavy (non-hydrogen) atoms. The van der Waals surface area contributed by atoms with Gasteiger partial charge in [-0.25, -0.2) is 4.98 Å². The van der Waals surface area contributed by atoms with Gasteiger partial charge in [0.05, 0.1) is 12.7 Å². The molecule has 1 aromatic carbocycles. The molecule has 1 fully saturated rings. The van der Waals surface area contributed by atoms with E-state index in [9.17, 15) is 5.11 Å². The molecule has 1 N–H and O–H groups in total. The largest absolute Gasteiger partial charge is 0.441 e. The Kier molecular flexibility index (Phi) is 5.92. The van der Waals surface area contributed by atoms with Crippen molar-refractivity contribution < 1.29 is 9.52 Å². The lowest BCUT2D eigenvalue weighted by atomic mass is 9.74. The van der Waals surface area contributed by atoms with Crippen molar-refractivity contribution >= 4 is 0 Å². The van der Waals surface area contributed by atoms with Gasteiger partial charge in [0.1, 0.15) is 5.76 Å². The molecule has 0 bridgehead atoms. The normalized spacial score (nSPS) is 19.4. The summed E-state index contributed by atoms with van der Waals surface area (Å²) in [7, 11) is 4.00. The minimum Gasteiger partial charge on any atom is -0.441 e. The van der Waals surface area contributed by atoms with Crippen LogP contribution in [0.4, 0.5) is 0 Å². The van der Waals surface area contributed by atoms with Crippen molar-refractivity contribution in [2.75, 3.05) is 14.1 Å². The van der Waals surface area contributed by atoms with Crippen LogP contribution in [-0.2, 0) is 12.1 Å². The van der Waals surface area contributed by atoms with E-state index >= 15 is 0 Å². The molecule has 3 rings (SSSR count). The van der Waals surface area contributed by atoms with Crippen LogP contribution in [0.15, 0.2) is 40.9 Å². The summed E-state index contributed by atoms with van der Waals surface area (Å²) in [5.41, 5.74) is -0.262. The number of nitrogens with zero attached hydrogens (tertiary/aromatic N) is 2. The lowest BCUT2D eigenvalue weighted by Gasteiger charge is -2.35. The van der Waals surface area contributed by atoms with Crippen LogP contribution in [0.1, 0.15) is 62.2 Å². The molecule has 0 saturated heterocycles. The Labute approximate surface area is 150 Å². The maximum absolute atomic E-state index is 11.9. The highest BCUT2D eigenvalue weighted by Crippen LogP contribution is 2.42. The molecule has 0 aliphatic heterocycles. The van der Waals surface area contributed by atoms with E-state index in [2.05, 4.69) is 4.98 Å². The minimum atomic E-state index is -1.15. The Balaban J connectivity index is 1.98.